The Morgan fingerprint density at radius 1 is 1.00 bits per heavy atom. The molecule has 2 aromatic rings. The van der Waals surface area contributed by atoms with Gasteiger partial charge >= 0.3 is 10.2 Å². The van der Waals surface area contributed by atoms with E-state index >= 15 is 0 Å². The molecule has 0 radical (unpaired) electrons. The summed E-state index contributed by atoms with van der Waals surface area (Å²) in [6, 6.07) is 14.6. The molecule has 0 aromatic heterocycles. The average Bonchev–Trinajstić information content (AvgIpc) is 2.80. The van der Waals surface area contributed by atoms with E-state index in [0.29, 0.717) is 11.4 Å². The highest BCUT2D eigenvalue weighted by Gasteiger charge is 2.32. The predicted octanol–water partition coefficient (Wildman–Crippen LogP) is 2.25. The largest absolute Gasteiger partial charge is 0.497 e. The van der Waals surface area contributed by atoms with Crippen molar-refractivity contribution in [3.8, 4) is 5.75 Å². The lowest BCUT2D eigenvalue weighted by atomic mass is 10.1. The molecule has 0 heterocycles. The van der Waals surface area contributed by atoms with E-state index in [1.54, 1.807) is 62.6 Å². The third-order valence-corrected chi connectivity index (χ3v) is 6.97. The summed E-state index contributed by atoms with van der Waals surface area (Å²) in [7, 11) is 0.386. The highest BCUT2D eigenvalue weighted by Crippen LogP contribution is 2.21. The molecule has 0 spiro atoms. The van der Waals surface area contributed by atoms with E-state index < -0.39 is 28.7 Å². The summed E-state index contributed by atoms with van der Waals surface area (Å²) in [5.74, 6) is -0.221. The molecule has 1 atom stereocenters. The molecule has 0 bridgehead atoms. The van der Waals surface area contributed by atoms with Crippen LogP contribution < -0.4 is 14.4 Å². The Bertz CT molecular complexity index is 1070. The maximum atomic E-state index is 13.6. The van der Waals surface area contributed by atoms with Crippen LogP contribution in [0.3, 0.4) is 0 Å². The summed E-state index contributed by atoms with van der Waals surface area (Å²) in [6.45, 7) is 4.93. The first-order valence-electron chi connectivity index (χ1n) is 10.9. The van der Waals surface area contributed by atoms with Crippen LogP contribution in [0.25, 0.3) is 0 Å². The van der Waals surface area contributed by atoms with Gasteiger partial charge < -0.3 is 15.0 Å². The van der Waals surface area contributed by atoms with Gasteiger partial charge in [0.1, 0.15) is 18.3 Å². The fourth-order valence-electron chi connectivity index (χ4n) is 3.27. The van der Waals surface area contributed by atoms with Crippen LogP contribution in [0.15, 0.2) is 54.6 Å². The van der Waals surface area contributed by atoms with Crippen molar-refractivity contribution in [3.63, 3.8) is 0 Å². The van der Waals surface area contributed by atoms with Crippen LogP contribution in [-0.4, -0.2) is 69.3 Å². The van der Waals surface area contributed by atoms with Gasteiger partial charge in [-0.1, -0.05) is 30.3 Å². The van der Waals surface area contributed by atoms with Crippen molar-refractivity contribution < 1.29 is 22.7 Å². The number of hydrogen-bond donors (Lipinski definition) is 1. The molecule has 186 valence electrons. The molecule has 34 heavy (non-hydrogen) atoms. The molecule has 9 nitrogen and oxygen atoms in total. The maximum absolute atomic E-state index is 13.6. The molecule has 0 unspecified atom stereocenters. The van der Waals surface area contributed by atoms with E-state index in [9.17, 15) is 18.0 Å². The van der Waals surface area contributed by atoms with Crippen LogP contribution in [-0.2, 0) is 26.3 Å². The lowest BCUT2D eigenvalue weighted by molar-refractivity contribution is -0.139. The van der Waals surface area contributed by atoms with Crippen molar-refractivity contribution in [1.29, 1.82) is 0 Å². The van der Waals surface area contributed by atoms with Gasteiger partial charge in [-0.15, -0.1) is 0 Å². The van der Waals surface area contributed by atoms with E-state index in [1.807, 2.05) is 19.9 Å². The van der Waals surface area contributed by atoms with E-state index in [0.717, 1.165) is 14.2 Å². The van der Waals surface area contributed by atoms with Crippen LogP contribution in [0, 0.1) is 0 Å². The Morgan fingerprint density at radius 3 is 2.21 bits per heavy atom. The number of carbonyl (C=O) groups excluding carboxylic acids is 2. The van der Waals surface area contributed by atoms with Gasteiger partial charge in [0.05, 0.1) is 12.8 Å². The van der Waals surface area contributed by atoms with Crippen molar-refractivity contribution in [1.82, 2.24) is 14.5 Å². The Hall–Kier alpha value is -3.11. The quantitative estimate of drug-likeness (QED) is 0.521. The molecule has 2 amide bonds. The highest BCUT2D eigenvalue weighted by molar-refractivity contribution is 7.90. The third-order valence-electron chi connectivity index (χ3n) is 5.15. The van der Waals surface area contributed by atoms with Crippen LogP contribution >= 0.6 is 0 Å². The molecule has 0 aliphatic heterocycles. The Labute approximate surface area is 202 Å². The molecule has 10 heteroatoms. The van der Waals surface area contributed by atoms with Gasteiger partial charge in [-0.2, -0.15) is 12.7 Å². The fourth-order valence-corrected chi connectivity index (χ4v) is 4.32. The van der Waals surface area contributed by atoms with Crippen molar-refractivity contribution in [2.24, 2.45) is 0 Å². The minimum absolute atomic E-state index is 0.105. The number of carbonyl (C=O) groups is 2. The molecule has 0 aliphatic rings. The smallest absolute Gasteiger partial charge is 0.304 e. The third kappa shape index (κ3) is 6.94. The van der Waals surface area contributed by atoms with Crippen molar-refractivity contribution in [2.45, 2.75) is 39.4 Å². The minimum atomic E-state index is -3.97. The van der Waals surface area contributed by atoms with Crippen molar-refractivity contribution >= 4 is 27.7 Å². The second kappa shape index (κ2) is 11.8. The normalized spacial score (nSPS) is 12.4. The Balaban J connectivity index is 2.44. The summed E-state index contributed by atoms with van der Waals surface area (Å²) >= 11 is 0. The summed E-state index contributed by atoms with van der Waals surface area (Å²) in [4.78, 5) is 27.8. The Kier molecular flexibility index (Phi) is 9.46. The van der Waals surface area contributed by atoms with Crippen LogP contribution in [0.4, 0.5) is 5.69 Å². The molecule has 0 saturated heterocycles. The zero-order valence-corrected chi connectivity index (χ0v) is 21.4. The maximum Gasteiger partial charge on any atom is 0.304 e. The van der Waals surface area contributed by atoms with E-state index in [-0.39, 0.29) is 18.5 Å². The molecular weight excluding hydrogens is 456 g/mol. The van der Waals surface area contributed by atoms with E-state index in [1.165, 1.54) is 19.0 Å². The van der Waals surface area contributed by atoms with Gasteiger partial charge in [0.2, 0.25) is 11.8 Å². The van der Waals surface area contributed by atoms with Crippen LogP contribution in [0.1, 0.15) is 26.3 Å². The van der Waals surface area contributed by atoms with Crippen LogP contribution in [0.5, 0.6) is 5.75 Å². The lowest BCUT2D eigenvalue weighted by Crippen LogP contribution is -2.53. The van der Waals surface area contributed by atoms with Gasteiger partial charge in [-0.05, 0) is 50.6 Å². The molecular formula is C24H34N4O5S. The highest BCUT2D eigenvalue weighted by atomic mass is 32.2. The Morgan fingerprint density at radius 2 is 1.65 bits per heavy atom. The number of rotatable bonds is 11. The molecule has 1 N–H and O–H groups in total. The van der Waals surface area contributed by atoms with Crippen molar-refractivity contribution in [3.05, 3.63) is 60.2 Å². The summed E-state index contributed by atoms with van der Waals surface area (Å²) in [6.07, 6.45) is 0. The molecule has 2 rings (SSSR count). The number of nitrogens with one attached hydrogen (secondary N) is 1. The molecule has 0 aliphatic carbocycles. The van der Waals surface area contributed by atoms with Gasteiger partial charge in [0.15, 0.2) is 0 Å². The van der Waals surface area contributed by atoms with Crippen molar-refractivity contribution in [2.75, 3.05) is 32.1 Å². The summed E-state index contributed by atoms with van der Waals surface area (Å²) in [5.41, 5.74) is 1.10. The second-order valence-electron chi connectivity index (χ2n) is 8.34. The number of anilines is 1. The van der Waals surface area contributed by atoms with E-state index in [4.69, 9.17) is 4.74 Å². The number of para-hydroxylation sites is 1. The first-order valence-corrected chi connectivity index (χ1v) is 12.3. The van der Waals surface area contributed by atoms with Gasteiger partial charge in [-0.3, -0.25) is 9.59 Å². The van der Waals surface area contributed by atoms with Gasteiger partial charge in [0.25, 0.3) is 0 Å². The molecule has 2 aromatic carbocycles. The number of hydrogen-bond acceptors (Lipinski definition) is 5. The SMILES string of the molecule is COc1cccc(CN(C(=O)CN(c2ccccc2)S(=O)(=O)N(C)C)[C@H](C)C(=O)NC(C)C)c1. The number of benzene rings is 2. The number of ether oxygens (including phenoxy) is 1. The average molecular weight is 491 g/mol. The molecule has 0 saturated carbocycles. The zero-order valence-electron chi connectivity index (χ0n) is 20.6. The first-order chi connectivity index (χ1) is 16.0. The summed E-state index contributed by atoms with van der Waals surface area (Å²) in [5, 5.41) is 2.82. The number of nitrogens with zero attached hydrogens (tertiary/aromatic N) is 3. The first kappa shape index (κ1) is 27.1. The zero-order chi connectivity index (χ0) is 25.5. The lowest BCUT2D eigenvalue weighted by Gasteiger charge is -2.33. The van der Waals surface area contributed by atoms with Gasteiger partial charge in [0, 0.05) is 26.7 Å². The number of methoxy groups -OCH3 is 1. The fraction of sp³-hybridized carbons (Fsp3) is 0.417. The monoisotopic (exact) mass is 490 g/mol. The second-order valence-corrected chi connectivity index (χ2v) is 10.4. The molecule has 0 fully saturated rings. The predicted molar refractivity (Wildman–Crippen MR) is 133 cm³/mol. The van der Waals surface area contributed by atoms with E-state index in [2.05, 4.69) is 5.32 Å². The minimum Gasteiger partial charge on any atom is -0.497 e. The number of amides is 2. The van der Waals surface area contributed by atoms with Gasteiger partial charge in [-0.25, -0.2) is 4.31 Å². The standard InChI is InChI=1S/C24H34N4O5S/c1-18(2)25-24(30)19(3)27(16-20-11-10-14-22(15-20)33-6)23(29)17-28(34(31,32)26(4)5)21-12-8-7-9-13-21/h7-15,18-19H,16-17H2,1-6H3,(H,25,30)/t19-/m1/s1. The summed E-state index contributed by atoms with van der Waals surface area (Å²) < 4.78 is 33.5. The van der Waals surface area contributed by atoms with Crippen LogP contribution in [0.2, 0.25) is 0 Å². The topological polar surface area (TPSA) is 99.3 Å².